The van der Waals surface area contributed by atoms with Crippen molar-refractivity contribution < 1.29 is 14.3 Å². The van der Waals surface area contributed by atoms with Crippen molar-refractivity contribution in [1.82, 2.24) is 0 Å². The third-order valence-corrected chi connectivity index (χ3v) is 11.2. The van der Waals surface area contributed by atoms with Crippen LogP contribution in [0.25, 0.3) is 0 Å². The summed E-state index contributed by atoms with van der Waals surface area (Å²) >= 11 is 0. The summed E-state index contributed by atoms with van der Waals surface area (Å²) in [6.45, 7) is 15.6. The van der Waals surface area contributed by atoms with Gasteiger partial charge in [-0.05, 0) is 91.4 Å². The molecule has 0 aromatic carbocycles. The summed E-state index contributed by atoms with van der Waals surface area (Å²) in [5, 5.41) is 0. The van der Waals surface area contributed by atoms with E-state index in [9.17, 15) is 9.59 Å². The third-order valence-electron chi connectivity index (χ3n) is 11.2. The van der Waals surface area contributed by atoms with Gasteiger partial charge in [0.05, 0.1) is 0 Å². The largest absolute Gasteiger partial charge is 0.462 e. The number of ketones is 1. The van der Waals surface area contributed by atoms with Crippen LogP contribution in [0.15, 0.2) is 11.6 Å². The second kappa shape index (κ2) is 7.45. The van der Waals surface area contributed by atoms with Gasteiger partial charge in [-0.2, -0.15) is 0 Å². The molecule has 31 heavy (non-hydrogen) atoms. The second-order valence-electron chi connectivity index (χ2n) is 12.6. The van der Waals surface area contributed by atoms with Crippen LogP contribution in [0.1, 0.15) is 106 Å². The second-order valence-corrected chi connectivity index (χ2v) is 12.6. The number of ether oxygens (including phenoxy) is 1. The van der Waals surface area contributed by atoms with Crippen molar-refractivity contribution in [2.45, 2.75) is 112 Å². The number of hydrogen-bond donors (Lipinski definition) is 0. The first-order chi connectivity index (χ1) is 14.4. The van der Waals surface area contributed by atoms with Crippen molar-refractivity contribution in [2.24, 2.45) is 39.4 Å². The molecule has 8 unspecified atom stereocenters. The topological polar surface area (TPSA) is 43.4 Å². The number of carbonyl (C=O) groups excluding carboxylic acids is 2. The molecule has 0 aromatic heterocycles. The zero-order valence-corrected chi connectivity index (χ0v) is 21.0. The molecule has 3 fully saturated rings. The van der Waals surface area contributed by atoms with Crippen LogP contribution >= 0.6 is 0 Å². The molecule has 0 saturated heterocycles. The highest BCUT2D eigenvalue weighted by Crippen LogP contribution is 2.73. The van der Waals surface area contributed by atoms with Gasteiger partial charge >= 0.3 is 5.97 Å². The summed E-state index contributed by atoms with van der Waals surface area (Å²) in [5.74, 6) is 1.78. The summed E-state index contributed by atoms with van der Waals surface area (Å²) in [7, 11) is 0. The quantitative estimate of drug-likeness (QED) is 0.460. The van der Waals surface area contributed by atoms with Crippen molar-refractivity contribution in [3.05, 3.63) is 11.6 Å². The number of esters is 1. The molecule has 0 amide bonds. The van der Waals surface area contributed by atoms with Gasteiger partial charge in [-0.3, -0.25) is 9.59 Å². The van der Waals surface area contributed by atoms with Crippen LogP contribution in [0.4, 0.5) is 0 Å². The van der Waals surface area contributed by atoms with Crippen molar-refractivity contribution >= 4 is 11.8 Å². The Labute approximate surface area is 189 Å². The van der Waals surface area contributed by atoms with Crippen LogP contribution in [-0.2, 0) is 14.3 Å². The summed E-state index contributed by atoms with van der Waals surface area (Å²) in [6, 6.07) is 0. The van der Waals surface area contributed by atoms with E-state index >= 15 is 0 Å². The lowest BCUT2D eigenvalue weighted by atomic mass is 9.35. The van der Waals surface area contributed by atoms with Crippen LogP contribution in [0.3, 0.4) is 0 Å². The van der Waals surface area contributed by atoms with E-state index in [2.05, 4.69) is 40.7 Å². The molecule has 174 valence electrons. The SMILES string of the molecule is CCC1(C)CCCC2(C)C1CCC1(C)C3CC=C(C(C)=O)CC3(C)C(OC(C)=O)CC21. The fraction of sp³-hybridized carbons (Fsp3) is 0.857. The minimum Gasteiger partial charge on any atom is -0.462 e. The molecule has 8 atom stereocenters. The van der Waals surface area contributed by atoms with Crippen LogP contribution < -0.4 is 0 Å². The smallest absolute Gasteiger partial charge is 0.302 e. The predicted molar refractivity (Wildman–Crippen MR) is 124 cm³/mol. The molecule has 4 rings (SSSR count). The Kier molecular flexibility index (Phi) is 5.54. The molecule has 3 heteroatoms. The van der Waals surface area contributed by atoms with Gasteiger partial charge in [0.2, 0.25) is 0 Å². The van der Waals surface area contributed by atoms with Crippen LogP contribution in [-0.4, -0.2) is 17.9 Å². The normalized spacial score (nSPS) is 49.2. The molecule has 3 saturated carbocycles. The summed E-state index contributed by atoms with van der Waals surface area (Å²) < 4.78 is 6.11. The van der Waals surface area contributed by atoms with Gasteiger partial charge in [0, 0.05) is 12.3 Å². The van der Waals surface area contributed by atoms with Gasteiger partial charge in [-0.15, -0.1) is 0 Å². The Bertz CT molecular complexity index is 798. The fourth-order valence-electron chi connectivity index (χ4n) is 9.50. The van der Waals surface area contributed by atoms with E-state index in [-0.39, 0.29) is 28.7 Å². The lowest BCUT2D eigenvalue weighted by molar-refractivity contribution is -0.232. The highest BCUT2D eigenvalue weighted by atomic mass is 16.5. The molecule has 0 heterocycles. The first-order valence-electron chi connectivity index (χ1n) is 12.8. The number of Topliss-reactive ketones (excluding diaryl/α,β-unsaturated/α-hetero) is 1. The Morgan fingerprint density at radius 3 is 2.26 bits per heavy atom. The molecule has 4 aliphatic carbocycles. The number of allylic oxidation sites excluding steroid dienone is 2. The van der Waals surface area contributed by atoms with E-state index in [1.165, 1.54) is 38.5 Å². The first kappa shape index (κ1) is 23.1. The minimum absolute atomic E-state index is 0.0958. The van der Waals surface area contributed by atoms with Gasteiger partial charge in [-0.25, -0.2) is 0 Å². The molecule has 0 aromatic rings. The molecule has 3 nitrogen and oxygen atoms in total. The number of carbonyl (C=O) groups is 2. The summed E-state index contributed by atoms with van der Waals surface area (Å²) in [4.78, 5) is 24.5. The van der Waals surface area contributed by atoms with Crippen LogP contribution in [0, 0.1) is 39.4 Å². The highest BCUT2D eigenvalue weighted by Gasteiger charge is 2.67. The maximum Gasteiger partial charge on any atom is 0.302 e. The predicted octanol–water partition coefficient (Wildman–Crippen LogP) is 6.89. The molecule has 0 aliphatic heterocycles. The van der Waals surface area contributed by atoms with Crippen molar-refractivity contribution in [3.63, 3.8) is 0 Å². The van der Waals surface area contributed by atoms with E-state index in [0.717, 1.165) is 30.8 Å². The zero-order chi connectivity index (χ0) is 22.8. The van der Waals surface area contributed by atoms with Gasteiger partial charge in [0.1, 0.15) is 6.10 Å². The molecular weight excluding hydrogens is 384 g/mol. The maximum absolute atomic E-state index is 12.3. The Morgan fingerprint density at radius 1 is 0.968 bits per heavy atom. The van der Waals surface area contributed by atoms with Crippen molar-refractivity contribution in [2.75, 3.05) is 0 Å². The first-order valence-corrected chi connectivity index (χ1v) is 12.8. The standard InChI is InChI=1S/C28H44O3/c1-8-25(4)13-9-14-26(5)21(25)12-15-27(6)22-11-10-20(18(2)29)17-28(22,7)24(16-23(26)27)31-19(3)30/h10,21-24H,8-9,11-17H2,1-7H3. The fourth-order valence-corrected chi connectivity index (χ4v) is 9.50. The highest BCUT2D eigenvalue weighted by molar-refractivity contribution is 5.93. The van der Waals surface area contributed by atoms with E-state index < -0.39 is 0 Å². The molecule has 4 aliphatic rings. The van der Waals surface area contributed by atoms with Crippen LogP contribution in [0.5, 0.6) is 0 Å². The Hall–Kier alpha value is -1.12. The monoisotopic (exact) mass is 428 g/mol. The minimum atomic E-state index is -0.174. The average Bonchev–Trinajstić information content (AvgIpc) is 2.68. The third kappa shape index (κ3) is 3.27. The Morgan fingerprint density at radius 2 is 1.65 bits per heavy atom. The van der Waals surface area contributed by atoms with Crippen molar-refractivity contribution in [3.8, 4) is 0 Å². The molecule has 0 N–H and O–H groups in total. The van der Waals surface area contributed by atoms with Crippen LogP contribution in [0.2, 0.25) is 0 Å². The van der Waals surface area contributed by atoms with Gasteiger partial charge < -0.3 is 4.74 Å². The zero-order valence-electron chi connectivity index (χ0n) is 21.0. The Balaban J connectivity index is 1.80. The van der Waals surface area contributed by atoms with E-state index in [0.29, 0.717) is 22.7 Å². The molecular formula is C28H44O3. The van der Waals surface area contributed by atoms with E-state index in [1.54, 1.807) is 13.8 Å². The summed E-state index contributed by atoms with van der Waals surface area (Å²) in [5.41, 5.74) is 1.76. The lowest BCUT2D eigenvalue weighted by Crippen LogP contribution is -2.65. The molecule has 0 spiro atoms. The van der Waals surface area contributed by atoms with E-state index in [4.69, 9.17) is 4.74 Å². The van der Waals surface area contributed by atoms with Gasteiger partial charge in [0.25, 0.3) is 0 Å². The number of hydrogen-bond acceptors (Lipinski definition) is 3. The van der Waals surface area contributed by atoms with Gasteiger partial charge in [0.15, 0.2) is 5.78 Å². The lowest BCUT2D eigenvalue weighted by Gasteiger charge is -2.70. The molecule has 0 radical (unpaired) electrons. The van der Waals surface area contributed by atoms with Crippen molar-refractivity contribution in [1.29, 1.82) is 0 Å². The molecule has 0 bridgehead atoms. The maximum atomic E-state index is 12.3. The number of fused-ring (bicyclic) bond motifs is 5. The van der Waals surface area contributed by atoms with E-state index in [1.807, 2.05) is 0 Å². The summed E-state index contributed by atoms with van der Waals surface area (Å²) in [6.07, 6.45) is 12.6. The number of rotatable bonds is 3. The van der Waals surface area contributed by atoms with Gasteiger partial charge in [-0.1, -0.05) is 53.5 Å². The average molecular weight is 429 g/mol.